The Morgan fingerprint density at radius 2 is 1.86 bits per heavy atom. The summed E-state index contributed by atoms with van der Waals surface area (Å²) in [5, 5.41) is 7.84. The number of carbonyl (C=O) groups excluding carboxylic acids is 2. The van der Waals surface area contributed by atoms with Gasteiger partial charge in [-0.3, -0.25) is 9.59 Å². The van der Waals surface area contributed by atoms with Crippen LogP contribution >= 0.6 is 11.3 Å². The largest absolute Gasteiger partial charge is 0.350 e. The van der Waals surface area contributed by atoms with Crippen LogP contribution in [-0.4, -0.2) is 43.3 Å². The van der Waals surface area contributed by atoms with Crippen molar-refractivity contribution in [2.75, 3.05) is 12.3 Å². The Balaban J connectivity index is 1.46. The van der Waals surface area contributed by atoms with Crippen molar-refractivity contribution < 1.29 is 18.0 Å². The van der Waals surface area contributed by atoms with Gasteiger partial charge in [0.15, 0.2) is 9.84 Å². The summed E-state index contributed by atoms with van der Waals surface area (Å²) in [7, 11) is -3.38. The first kappa shape index (κ1) is 20.3. The Kier molecular flexibility index (Phi) is 5.66. The number of nitrogens with one attached hydrogen (secondary N) is 2. The van der Waals surface area contributed by atoms with Crippen molar-refractivity contribution in [3.05, 3.63) is 35.2 Å². The number of rotatable bonds is 5. The molecule has 2 amide bonds. The minimum absolute atomic E-state index is 0.0834. The van der Waals surface area contributed by atoms with Crippen LogP contribution in [0.3, 0.4) is 0 Å². The highest BCUT2D eigenvalue weighted by Gasteiger charge is 2.41. The minimum Gasteiger partial charge on any atom is -0.350 e. The predicted octanol–water partition coefficient (Wildman–Crippen LogP) is 3.03. The number of amides is 2. The molecule has 2 N–H and O–H groups in total. The van der Waals surface area contributed by atoms with Gasteiger partial charge in [-0.25, -0.2) is 8.42 Å². The second kappa shape index (κ2) is 8.07. The van der Waals surface area contributed by atoms with Gasteiger partial charge in [-0.15, -0.1) is 11.3 Å². The van der Waals surface area contributed by atoms with Gasteiger partial charge < -0.3 is 10.6 Å². The lowest BCUT2D eigenvalue weighted by atomic mass is 9.96. The number of hydrogen-bond acceptors (Lipinski definition) is 5. The Hall–Kier alpha value is -1.93. The maximum Gasteiger partial charge on any atom is 0.252 e. The van der Waals surface area contributed by atoms with Gasteiger partial charge >= 0.3 is 0 Å². The molecule has 1 atom stereocenters. The van der Waals surface area contributed by atoms with E-state index < -0.39 is 26.5 Å². The summed E-state index contributed by atoms with van der Waals surface area (Å²) in [6.45, 7) is 0.314. The molecule has 1 saturated heterocycles. The maximum atomic E-state index is 12.8. The SMILES string of the molecule is O=C(NCC1(NC(=O)C2CCCCS2(=O)=O)CCCC1)c1csc2ccccc12. The van der Waals surface area contributed by atoms with Crippen LogP contribution in [0, 0.1) is 0 Å². The van der Waals surface area contributed by atoms with Crippen molar-refractivity contribution in [3.8, 4) is 0 Å². The predicted molar refractivity (Wildman–Crippen MR) is 115 cm³/mol. The molecule has 2 heterocycles. The van der Waals surface area contributed by atoms with Crippen LogP contribution in [0.25, 0.3) is 10.1 Å². The van der Waals surface area contributed by atoms with Crippen LogP contribution < -0.4 is 10.6 Å². The zero-order valence-corrected chi connectivity index (χ0v) is 17.9. The average Bonchev–Trinajstić information content (AvgIpc) is 3.33. The standard InChI is InChI=1S/C21H26N2O4S2/c24-19(16-13-28-17-8-2-1-7-15(16)17)22-14-21(10-4-5-11-21)23-20(25)18-9-3-6-12-29(18,26)27/h1-2,7-8,13,18H,3-6,9-12,14H2,(H,22,24)(H,23,25). The van der Waals surface area contributed by atoms with E-state index in [4.69, 9.17) is 0 Å². The minimum atomic E-state index is -3.38. The molecule has 2 aromatic rings. The van der Waals surface area contributed by atoms with Gasteiger partial charge in [-0.1, -0.05) is 37.5 Å². The fourth-order valence-corrected chi connectivity index (χ4v) is 7.23. The lowest BCUT2D eigenvalue weighted by molar-refractivity contribution is -0.122. The van der Waals surface area contributed by atoms with Gasteiger partial charge in [0, 0.05) is 22.0 Å². The van der Waals surface area contributed by atoms with E-state index in [2.05, 4.69) is 10.6 Å². The highest BCUT2D eigenvalue weighted by molar-refractivity contribution is 7.92. The summed E-state index contributed by atoms with van der Waals surface area (Å²) in [5.41, 5.74) is 0.0749. The molecule has 1 unspecified atom stereocenters. The molecule has 0 bridgehead atoms. The first-order valence-electron chi connectivity index (χ1n) is 10.2. The van der Waals surface area contributed by atoms with E-state index in [-0.39, 0.29) is 11.7 Å². The Labute approximate surface area is 175 Å². The van der Waals surface area contributed by atoms with E-state index in [1.807, 2.05) is 29.6 Å². The summed E-state index contributed by atoms with van der Waals surface area (Å²) in [6, 6.07) is 7.78. The molecule has 0 spiro atoms. The van der Waals surface area contributed by atoms with Crippen molar-refractivity contribution in [1.82, 2.24) is 10.6 Å². The zero-order chi connectivity index (χ0) is 20.5. The van der Waals surface area contributed by atoms with E-state index in [0.29, 0.717) is 24.9 Å². The molecular formula is C21H26N2O4S2. The average molecular weight is 435 g/mol. The molecule has 6 nitrogen and oxygen atoms in total. The Bertz CT molecular complexity index is 1020. The molecule has 1 aliphatic carbocycles. The van der Waals surface area contributed by atoms with Crippen molar-refractivity contribution >= 4 is 43.1 Å². The van der Waals surface area contributed by atoms with Gasteiger partial charge in [-0.2, -0.15) is 0 Å². The number of benzene rings is 1. The molecule has 2 aliphatic rings. The Morgan fingerprint density at radius 3 is 2.62 bits per heavy atom. The van der Waals surface area contributed by atoms with Crippen LogP contribution in [0.5, 0.6) is 0 Å². The van der Waals surface area contributed by atoms with Crippen LogP contribution in [0.4, 0.5) is 0 Å². The molecule has 1 aromatic carbocycles. The third kappa shape index (κ3) is 4.19. The normalized spacial score (nSPS) is 23.0. The van der Waals surface area contributed by atoms with E-state index in [1.165, 1.54) is 11.3 Å². The highest BCUT2D eigenvalue weighted by atomic mass is 32.2. The number of carbonyl (C=O) groups is 2. The number of hydrogen-bond donors (Lipinski definition) is 2. The molecule has 29 heavy (non-hydrogen) atoms. The second-order valence-electron chi connectivity index (χ2n) is 8.16. The lowest BCUT2D eigenvalue weighted by Gasteiger charge is -2.33. The molecule has 4 rings (SSSR count). The summed E-state index contributed by atoms with van der Waals surface area (Å²) < 4.78 is 25.7. The second-order valence-corrected chi connectivity index (χ2v) is 11.4. The summed E-state index contributed by atoms with van der Waals surface area (Å²) >= 11 is 1.53. The molecule has 156 valence electrons. The summed E-state index contributed by atoms with van der Waals surface area (Å²) in [4.78, 5) is 25.6. The van der Waals surface area contributed by atoms with Crippen molar-refractivity contribution in [3.63, 3.8) is 0 Å². The third-order valence-corrected chi connectivity index (χ3v) is 9.27. The van der Waals surface area contributed by atoms with Crippen molar-refractivity contribution in [1.29, 1.82) is 0 Å². The van der Waals surface area contributed by atoms with Gasteiger partial charge in [0.25, 0.3) is 5.91 Å². The van der Waals surface area contributed by atoms with Crippen molar-refractivity contribution in [2.24, 2.45) is 0 Å². The molecule has 1 aromatic heterocycles. The molecule has 1 saturated carbocycles. The topological polar surface area (TPSA) is 92.3 Å². The van der Waals surface area contributed by atoms with Gasteiger partial charge in [0.2, 0.25) is 5.91 Å². The zero-order valence-electron chi connectivity index (χ0n) is 16.3. The maximum absolute atomic E-state index is 12.8. The first-order valence-corrected chi connectivity index (χ1v) is 12.8. The van der Waals surface area contributed by atoms with E-state index >= 15 is 0 Å². The molecule has 0 radical (unpaired) electrons. The number of fused-ring (bicyclic) bond motifs is 1. The number of sulfone groups is 1. The third-order valence-electron chi connectivity index (χ3n) is 6.13. The van der Waals surface area contributed by atoms with Crippen molar-refractivity contribution in [2.45, 2.75) is 55.7 Å². The fourth-order valence-electron chi connectivity index (χ4n) is 4.49. The van der Waals surface area contributed by atoms with Crippen LogP contribution in [0.2, 0.25) is 0 Å². The first-order chi connectivity index (χ1) is 13.9. The number of thiophene rings is 1. The van der Waals surface area contributed by atoms with Gasteiger partial charge in [0.1, 0.15) is 5.25 Å². The highest BCUT2D eigenvalue weighted by Crippen LogP contribution is 2.31. The lowest BCUT2D eigenvalue weighted by Crippen LogP contribution is -2.57. The van der Waals surface area contributed by atoms with Crippen LogP contribution in [-0.2, 0) is 14.6 Å². The van der Waals surface area contributed by atoms with Crippen LogP contribution in [0.1, 0.15) is 55.3 Å². The molecule has 8 heteroatoms. The molecule has 1 aliphatic heterocycles. The fraction of sp³-hybridized carbons (Fsp3) is 0.524. The van der Waals surface area contributed by atoms with E-state index in [1.54, 1.807) is 0 Å². The van der Waals surface area contributed by atoms with Gasteiger partial charge in [0.05, 0.1) is 16.9 Å². The summed E-state index contributed by atoms with van der Waals surface area (Å²) in [6.07, 6.45) is 5.17. The Morgan fingerprint density at radius 1 is 1.10 bits per heavy atom. The summed E-state index contributed by atoms with van der Waals surface area (Å²) in [5.74, 6) is -0.477. The van der Waals surface area contributed by atoms with E-state index in [9.17, 15) is 18.0 Å². The van der Waals surface area contributed by atoms with Gasteiger partial charge in [-0.05, 0) is 31.7 Å². The monoisotopic (exact) mass is 434 g/mol. The smallest absolute Gasteiger partial charge is 0.252 e. The molecular weight excluding hydrogens is 408 g/mol. The van der Waals surface area contributed by atoms with Crippen LogP contribution in [0.15, 0.2) is 29.6 Å². The molecule has 2 fully saturated rings. The quantitative estimate of drug-likeness (QED) is 0.757. The van der Waals surface area contributed by atoms with E-state index in [0.717, 1.165) is 42.2 Å².